The van der Waals surface area contributed by atoms with E-state index in [1.54, 1.807) is 29.5 Å². The van der Waals surface area contributed by atoms with Gasteiger partial charge in [0.15, 0.2) is 5.13 Å². The SMILES string of the molecule is O=C(Cc1ccc(Cl)c(Cl)c1)Nc1nc2c(s1)CCCC2. The van der Waals surface area contributed by atoms with E-state index in [2.05, 4.69) is 10.3 Å². The van der Waals surface area contributed by atoms with Gasteiger partial charge in [-0.2, -0.15) is 0 Å². The van der Waals surface area contributed by atoms with Gasteiger partial charge < -0.3 is 5.32 Å². The fourth-order valence-electron chi connectivity index (χ4n) is 2.40. The van der Waals surface area contributed by atoms with Gasteiger partial charge in [0.1, 0.15) is 0 Å². The first-order valence-corrected chi connectivity index (χ1v) is 8.41. The predicted molar refractivity (Wildman–Crippen MR) is 87.6 cm³/mol. The van der Waals surface area contributed by atoms with Crippen molar-refractivity contribution in [1.29, 1.82) is 0 Å². The number of anilines is 1. The molecule has 0 saturated carbocycles. The number of fused-ring (bicyclic) bond motifs is 1. The maximum atomic E-state index is 12.1. The average Bonchev–Trinajstić information content (AvgIpc) is 2.84. The van der Waals surface area contributed by atoms with Gasteiger partial charge in [-0.25, -0.2) is 4.98 Å². The largest absolute Gasteiger partial charge is 0.302 e. The van der Waals surface area contributed by atoms with Crippen molar-refractivity contribution in [1.82, 2.24) is 4.98 Å². The van der Waals surface area contributed by atoms with Crippen molar-refractivity contribution in [3.05, 3.63) is 44.4 Å². The van der Waals surface area contributed by atoms with Crippen molar-refractivity contribution in [3.8, 4) is 0 Å². The van der Waals surface area contributed by atoms with Crippen LogP contribution in [0.4, 0.5) is 5.13 Å². The molecule has 1 amide bonds. The van der Waals surface area contributed by atoms with Gasteiger partial charge in [0.05, 0.1) is 22.2 Å². The van der Waals surface area contributed by atoms with E-state index in [1.807, 2.05) is 0 Å². The second-order valence-corrected chi connectivity index (χ2v) is 6.97. The van der Waals surface area contributed by atoms with Crippen LogP contribution in [-0.4, -0.2) is 10.9 Å². The number of rotatable bonds is 3. The van der Waals surface area contributed by atoms with Crippen LogP contribution in [0.1, 0.15) is 29.0 Å². The molecule has 1 aromatic carbocycles. The fourth-order valence-corrected chi connectivity index (χ4v) is 3.79. The molecule has 1 N–H and O–H groups in total. The van der Waals surface area contributed by atoms with Crippen LogP contribution >= 0.6 is 34.5 Å². The summed E-state index contributed by atoms with van der Waals surface area (Å²) in [6.45, 7) is 0. The molecule has 1 heterocycles. The Morgan fingerprint density at radius 3 is 2.81 bits per heavy atom. The highest BCUT2D eigenvalue weighted by atomic mass is 35.5. The third-order valence-corrected chi connectivity index (χ3v) is 5.25. The molecule has 0 fully saturated rings. The van der Waals surface area contributed by atoms with Crippen LogP contribution in [0.25, 0.3) is 0 Å². The molecule has 0 radical (unpaired) electrons. The smallest absolute Gasteiger partial charge is 0.230 e. The van der Waals surface area contributed by atoms with Crippen molar-refractivity contribution in [2.45, 2.75) is 32.1 Å². The molecule has 0 saturated heterocycles. The molecule has 2 aromatic rings. The molecule has 110 valence electrons. The molecule has 21 heavy (non-hydrogen) atoms. The van der Waals surface area contributed by atoms with Gasteiger partial charge >= 0.3 is 0 Å². The van der Waals surface area contributed by atoms with Crippen LogP contribution in [-0.2, 0) is 24.1 Å². The second-order valence-electron chi connectivity index (χ2n) is 5.07. The van der Waals surface area contributed by atoms with E-state index in [4.69, 9.17) is 23.2 Å². The monoisotopic (exact) mass is 340 g/mol. The molecule has 3 rings (SSSR count). The summed E-state index contributed by atoms with van der Waals surface area (Å²) in [6, 6.07) is 5.23. The van der Waals surface area contributed by atoms with Gasteiger partial charge in [0, 0.05) is 4.88 Å². The molecule has 6 heteroatoms. The van der Waals surface area contributed by atoms with Gasteiger partial charge in [0.25, 0.3) is 0 Å². The molecule has 1 aromatic heterocycles. The minimum atomic E-state index is -0.0838. The Hall–Kier alpha value is -1.10. The minimum absolute atomic E-state index is 0.0838. The Morgan fingerprint density at radius 1 is 1.24 bits per heavy atom. The minimum Gasteiger partial charge on any atom is -0.302 e. The van der Waals surface area contributed by atoms with E-state index >= 15 is 0 Å². The van der Waals surface area contributed by atoms with E-state index in [0.29, 0.717) is 15.2 Å². The third kappa shape index (κ3) is 3.57. The van der Waals surface area contributed by atoms with Gasteiger partial charge in [0.2, 0.25) is 5.91 Å². The quantitative estimate of drug-likeness (QED) is 0.892. The first-order valence-electron chi connectivity index (χ1n) is 6.84. The first-order chi connectivity index (χ1) is 10.1. The Balaban J connectivity index is 1.66. The number of hydrogen-bond donors (Lipinski definition) is 1. The number of aromatic nitrogens is 1. The predicted octanol–water partition coefficient (Wildman–Crippen LogP) is 4.51. The number of aryl methyl sites for hydroxylation is 2. The summed E-state index contributed by atoms with van der Waals surface area (Å²) >= 11 is 13.4. The Bertz CT molecular complexity index is 661. The van der Waals surface area contributed by atoms with E-state index in [1.165, 1.54) is 17.7 Å². The van der Waals surface area contributed by atoms with Crippen LogP contribution in [0.5, 0.6) is 0 Å². The Labute approximate surface area is 137 Å². The summed E-state index contributed by atoms with van der Waals surface area (Å²) in [6.07, 6.45) is 4.77. The maximum absolute atomic E-state index is 12.1. The first kappa shape index (κ1) is 14.8. The number of carbonyl (C=O) groups is 1. The maximum Gasteiger partial charge on any atom is 0.230 e. The van der Waals surface area contributed by atoms with E-state index < -0.39 is 0 Å². The number of carbonyl (C=O) groups excluding carboxylic acids is 1. The lowest BCUT2D eigenvalue weighted by atomic mass is 10.0. The summed E-state index contributed by atoms with van der Waals surface area (Å²) in [7, 11) is 0. The zero-order valence-corrected chi connectivity index (χ0v) is 13.6. The molecule has 0 bridgehead atoms. The summed E-state index contributed by atoms with van der Waals surface area (Å²) in [5.74, 6) is -0.0838. The van der Waals surface area contributed by atoms with Crippen LogP contribution < -0.4 is 5.32 Å². The molecule has 3 nitrogen and oxygen atoms in total. The molecule has 0 aliphatic heterocycles. The van der Waals surface area contributed by atoms with Crippen LogP contribution in [0, 0.1) is 0 Å². The average molecular weight is 341 g/mol. The summed E-state index contributed by atoms with van der Waals surface area (Å²) in [5.41, 5.74) is 1.99. The summed E-state index contributed by atoms with van der Waals surface area (Å²) in [4.78, 5) is 17.9. The highest BCUT2D eigenvalue weighted by molar-refractivity contribution is 7.15. The molecular formula is C15H14Cl2N2OS. The lowest BCUT2D eigenvalue weighted by molar-refractivity contribution is -0.115. The number of thiazole rings is 1. The standard InChI is InChI=1S/C15H14Cl2N2OS/c16-10-6-5-9(7-11(10)17)8-14(20)19-15-18-12-3-1-2-4-13(12)21-15/h5-7H,1-4,8H2,(H,18,19,20). The van der Waals surface area contributed by atoms with Crippen molar-refractivity contribution in [3.63, 3.8) is 0 Å². The third-order valence-electron chi connectivity index (χ3n) is 3.44. The number of halogens is 2. The van der Waals surface area contributed by atoms with Crippen molar-refractivity contribution < 1.29 is 4.79 Å². The van der Waals surface area contributed by atoms with Gasteiger partial charge in [-0.05, 0) is 43.4 Å². The number of amides is 1. The lowest BCUT2D eigenvalue weighted by Crippen LogP contribution is -2.14. The van der Waals surface area contributed by atoms with Crippen LogP contribution in [0.3, 0.4) is 0 Å². The van der Waals surface area contributed by atoms with Gasteiger partial charge in [-0.15, -0.1) is 11.3 Å². The van der Waals surface area contributed by atoms with Crippen LogP contribution in [0.15, 0.2) is 18.2 Å². The fraction of sp³-hybridized carbons (Fsp3) is 0.333. The molecule has 0 unspecified atom stereocenters. The van der Waals surface area contributed by atoms with E-state index in [0.717, 1.165) is 24.1 Å². The zero-order chi connectivity index (χ0) is 14.8. The topological polar surface area (TPSA) is 42.0 Å². The Kier molecular flexibility index (Phi) is 4.48. The van der Waals surface area contributed by atoms with Gasteiger partial charge in [-0.1, -0.05) is 29.3 Å². The summed E-state index contributed by atoms with van der Waals surface area (Å²) in [5, 5.41) is 4.53. The van der Waals surface area contributed by atoms with E-state index in [-0.39, 0.29) is 12.3 Å². The second kappa shape index (κ2) is 6.34. The molecule has 1 aliphatic rings. The number of nitrogens with one attached hydrogen (secondary N) is 1. The van der Waals surface area contributed by atoms with Crippen molar-refractivity contribution in [2.24, 2.45) is 0 Å². The van der Waals surface area contributed by atoms with E-state index in [9.17, 15) is 4.79 Å². The van der Waals surface area contributed by atoms with Crippen LogP contribution in [0.2, 0.25) is 10.0 Å². The zero-order valence-electron chi connectivity index (χ0n) is 11.3. The molecule has 0 atom stereocenters. The number of nitrogens with zero attached hydrogens (tertiary/aromatic N) is 1. The van der Waals surface area contributed by atoms with Crippen molar-refractivity contribution in [2.75, 3.05) is 5.32 Å². The molecule has 0 spiro atoms. The molecular weight excluding hydrogens is 327 g/mol. The highest BCUT2D eigenvalue weighted by Gasteiger charge is 2.16. The lowest BCUT2D eigenvalue weighted by Gasteiger charge is -2.06. The Morgan fingerprint density at radius 2 is 2.05 bits per heavy atom. The summed E-state index contributed by atoms with van der Waals surface area (Å²) < 4.78 is 0. The van der Waals surface area contributed by atoms with Gasteiger partial charge in [-0.3, -0.25) is 4.79 Å². The number of benzene rings is 1. The number of hydrogen-bond acceptors (Lipinski definition) is 3. The normalized spacial score (nSPS) is 13.8. The van der Waals surface area contributed by atoms with Crippen molar-refractivity contribution >= 4 is 45.6 Å². The highest BCUT2D eigenvalue weighted by Crippen LogP contribution is 2.29. The molecule has 1 aliphatic carbocycles.